The number of aromatic amines is 1. The number of amides is 1. The van der Waals surface area contributed by atoms with Gasteiger partial charge in [0.1, 0.15) is 5.52 Å². The summed E-state index contributed by atoms with van der Waals surface area (Å²) in [6.45, 7) is 0.433. The molecule has 0 atom stereocenters. The summed E-state index contributed by atoms with van der Waals surface area (Å²) in [5.74, 6) is 0.427. The van der Waals surface area contributed by atoms with E-state index in [4.69, 9.17) is 4.42 Å². The summed E-state index contributed by atoms with van der Waals surface area (Å²) in [7, 11) is 0. The van der Waals surface area contributed by atoms with Crippen LogP contribution in [0.2, 0.25) is 0 Å². The molecule has 0 aliphatic heterocycles. The molecule has 0 spiro atoms. The van der Waals surface area contributed by atoms with Gasteiger partial charge in [0.25, 0.3) is 5.91 Å². The number of nitrogens with zero attached hydrogens (tertiary/aromatic N) is 2. The number of nitrogens with one attached hydrogen (secondary N) is 2. The zero-order valence-electron chi connectivity index (χ0n) is 15.0. The lowest BCUT2D eigenvalue weighted by molar-refractivity contribution is 0.0954. The van der Waals surface area contributed by atoms with E-state index in [9.17, 15) is 9.59 Å². The average molecular weight is 374 g/mol. The van der Waals surface area contributed by atoms with Crippen molar-refractivity contribution >= 4 is 17.0 Å². The third-order valence-electron chi connectivity index (χ3n) is 4.32. The number of aromatic nitrogens is 3. The zero-order valence-corrected chi connectivity index (χ0v) is 15.0. The van der Waals surface area contributed by atoms with E-state index in [1.54, 1.807) is 24.4 Å². The van der Waals surface area contributed by atoms with Crippen molar-refractivity contribution in [1.29, 1.82) is 0 Å². The third-order valence-corrected chi connectivity index (χ3v) is 4.32. The van der Waals surface area contributed by atoms with E-state index >= 15 is 0 Å². The van der Waals surface area contributed by atoms with Crippen LogP contribution < -0.4 is 11.0 Å². The van der Waals surface area contributed by atoms with Crippen LogP contribution >= 0.6 is 0 Å². The minimum atomic E-state index is -0.389. The van der Waals surface area contributed by atoms with Crippen LogP contribution in [0.25, 0.3) is 11.1 Å². The molecule has 2 aromatic heterocycles. The maximum Gasteiger partial charge on any atom is 0.344 e. The van der Waals surface area contributed by atoms with Gasteiger partial charge in [-0.05, 0) is 35.7 Å². The van der Waals surface area contributed by atoms with Gasteiger partial charge in [-0.2, -0.15) is 0 Å². The van der Waals surface area contributed by atoms with Gasteiger partial charge in [-0.15, -0.1) is 0 Å². The molecule has 0 bridgehead atoms. The van der Waals surface area contributed by atoms with Gasteiger partial charge < -0.3 is 14.7 Å². The van der Waals surface area contributed by atoms with Gasteiger partial charge >= 0.3 is 5.69 Å². The van der Waals surface area contributed by atoms with Crippen LogP contribution in [0.1, 0.15) is 27.4 Å². The van der Waals surface area contributed by atoms with Crippen molar-refractivity contribution in [2.75, 3.05) is 6.54 Å². The van der Waals surface area contributed by atoms with E-state index in [0.29, 0.717) is 41.9 Å². The molecule has 2 aromatic carbocycles. The molecule has 7 nitrogen and oxygen atoms in total. The molecule has 7 heteroatoms. The van der Waals surface area contributed by atoms with Crippen molar-refractivity contribution in [3.8, 4) is 0 Å². The quantitative estimate of drug-likeness (QED) is 0.540. The van der Waals surface area contributed by atoms with Gasteiger partial charge in [0.15, 0.2) is 11.5 Å². The van der Waals surface area contributed by atoms with E-state index in [2.05, 4.69) is 20.3 Å². The van der Waals surface area contributed by atoms with Gasteiger partial charge in [0.2, 0.25) is 0 Å². The predicted octanol–water partition coefficient (Wildman–Crippen LogP) is 2.47. The maximum absolute atomic E-state index is 12.4. The first kappa shape index (κ1) is 17.7. The summed E-state index contributed by atoms with van der Waals surface area (Å²) in [5, 5.41) is 2.86. The molecule has 140 valence electrons. The number of hydrogen-bond donors (Lipinski definition) is 2. The van der Waals surface area contributed by atoms with Crippen molar-refractivity contribution in [2.45, 2.75) is 12.8 Å². The van der Waals surface area contributed by atoms with Crippen molar-refractivity contribution in [1.82, 2.24) is 20.3 Å². The number of oxazole rings is 1. The Morgan fingerprint density at radius 2 is 1.96 bits per heavy atom. The van der Waals surface area contributed by atoms with Crippen LogP contribution in [0.4, 0.5) is 0 Å². The Morgan fingerprint density at radius 3 is 2.75 bits per heavy atom. The van der Waals surface area contributed by atoms with E-state index in [1.165, 1.54) is 6.20 Å². The summed E-state index contributed by atoms with van der Waals surface area (Å²) >= 11 is 0. The number of H-pyrrole nitrogens is 1. The van der Waals surface area contributed by atoms with Crippen LogP contribution in [-0.2, 0) is 12.8 Å². The van der Waals surface area contributed by atoms with E-state index in [-0.39, 0.29) is 11.6 Å². The van der Waals surface area contributed by atoms with Crippen LogP contribution in [0.3, 0.4) is 0 Å². The highest BCUT2D eigenvalue weighted by molar-refractivity contribution is 5.97. The van der Waals surface area contributed by atoms with Crippen LogP contribution in [0.5, 0.6) is 0 Å². The molecule has 2 heterocycles. The standard InChI is InChI=1S/C21H18N4O3/c26-20(22-9-8-15-12-23-21(27)24-13-15)16-6-7-18-17(11-16)25-19(28-18)10-14-4-2-1-3-5-14/h1-7,11-13H,8-10H2,(H,22,26)(H,23,24,27). The molecular formula is C21H18N4O3. The van der Waals surface area contributed by atoms with Crippen molar-refractivity contribution < 1.29 is 9.21 Å². The highest BCUT2D eigenvalue weighted by Crippen LogP contribution is 2.19. The van der Waals surface area contributed by atoms with Crippen LogP contribution in [-0.4, -0.2) is 27.4 Å². The van der Waals surface area contributed by atoms with Crippen LogP contribution in [0.15, 0.2) is 70.1 Å². The smallest absolute Gasteiger partial charge is 0.344 e. The van der Waals surface area contributed by atoms with Gasteiger partial charge in [0, 0.05) is 30.9 Å². The number of hydrogen-bond acceptors (Lipinski definition) is 5. The van der Waals surface area contributed by atoms with E-state index < -0.39 is 0 Å². The zero-order chi connectivity index (χ0) is 19.3. The summed E-state index contributed by atoms with van der Waals surface area (Å²) in [5.41, 5.74) is 3.40. The molecule has 2 N–H and O–H groups in total. The van der Waals surface area contributed by atoms with E-state index in [0.717, 1.165) is 11.1 Å². The average Bonchev–Trinajstić information content (AvgIpc) is 3.11. The molecule has 0 fully saturated rings. The second-order valence-corrected chi connectivity index (χ2v) is 6.39. The van der Waals surface area contributed by atoms with Crippen molar-refractivity contribution in [3.05, 3.63) is 94.0 Å². The molecule has 0 aliphatic rings. The normalized spacial score (nSPS) is 10.9. The SMILES string of the molecule is O=C(NCCc1cnc(=O)[nH]c1)c1ccc2oc(Cc3ccccc3)nc2c1. The van der Waals surface area contributed by atoms with Crippen molar-refractivity contribution in [3.63, 3.8) is 0 Å². The molecule has 4 rings (SSSR count). The fourth-order valence-electron chi connectivity index (χ4n) is 2.89. The topological polar surface area (TPSA) is 101 Å². The number of carbonyl (C=O) groups is 1. The minimum Gasteiger partial charge on any atom is -0.440 e. The fourth-order valence-corrected chi connectivity index (χ4v) is 2.89. The lowest BCUT2D eigenvalue weighted by Gasteiger charge is -2.05. The Morgan fingerprint density at radius 1 is 1.11 bits per heavy atom. The number of rotatable bonds is 6. The first-order valence-corrected chi connectivity index (χ1v) is 8.92. The van der Waals surface area contributed by atoms with Crippen molar-refractivity contribution in [2.24, 2.45) is 0 Å². The number of fused-ring (bicyclic) bond motifs is 1. The highest BCUT2D eigenvalue weighted by Gasteiger charge is 2.11. The Balaban J connectivity index is 1.41. The molecule has 0 saturated heterocycles. The summed E-state index contributed by atoms with van der Waals surface area (Å²) in [4.78, 5) is 34.0. The molecule has 4 aromatic rings. The largest absolute Gasteiger partial charge is 0.440 e. The summed E-state index contributed by atoms with van der Waals surface area (Å²) < 4.78 is 5.78. The Hall–Kier alpha value is -3.74. The van der Waals surface area contributed by atoms with Crippen LogP contribution in [0, 0.1) is 0 Å². The number of carbonyl (C=O) groups excluding carboxylic acids is 1. The van der Waals surface area contributed by atoms with Gasteiger partial charge in [-0.25, -0.2) is 14.8 Å². The predicted molar refractivity (Wildman–Crippen MR) is 104 cm³/mol. The molecule has 0 unspecified atom stereocenters. The molecule has 28 heavy (non-hydrogen) atoms. The molecular weight excluding hydrogens is 356 g/mol. The van der Waals surface area contributed by atoms with E-state index in [1.807, 2.05) is 30.3 Å². The summed E-state index contributed by atoms with van der Waals surface area (Å²) in [6.07, 6.45) is 4.27. The summed E-state index contributed by atoms with van der Waals surface area (Å²) in [6, 6.07) is 15.2. The monoisotopic (exact) mass is 374 g/mol. The second-order valence-electron chi connectivity index (χ2n) is 6.39. The highest BCUT2D eigenvalue weighted by atomic mass is 16.3. The molecule has 0 saturated carbocycles. The lowest BCUT2D eigenvalue weighted by Crippen LogP contribution is -2.26. The molecule has 0 aliphatic carbocycles. The molecule has 1 amide bonds. The maximum atomic E-state index is 12.4. The first-order valence-electron chi connectivity index (χ1n) is 8.92. The molecule has 0 radical (unpaired) electrons. The fraction of sp³-hybridized carbons (Fsp3) is 0.143. The first-order chi connectivity index (χ1) is 13.7. The Labute approximate surface area is 160 Å². The van der Waals surface area contributed by atoms with Gasteiger partial charge in [-0.3, -0.25) is 4.79 Å². The Bertz CT molecular complexity index is 1140. The Kier molecular flexibility index (Phi) is 4.97. The third kappa shape index (κ3) is 4.15. The van der Waals surface area contributed by atoms with Gasteiger partial charge in [0.05, 0.1) is 0 Å². The second kappa shape index (κ2) is 7.87. The lowest BCUT2D eigenvalue weighted by atomic mass is 10.1. The number of benzene rings is 2. The minimum absolute atomic E-state index is 0.188. The van der Waals surface area contributed by atoms with Gasteiger partial charge in [-0.1, -0.05) is 30.3 Å².